The lowest BCUT2D eigenvalue weighted by Crippen LogP contribution is -2.49. The van der Waals surface area contributed by atoms with Crippen LogP contribution in [0.25, 0.3) is 0 Å². The van der Waals surface area contributed by atoms with E-state index in [-0.39, 0.29) is 18.3 Å². The van der Waals surface area contributed by atoms with Gasteiger partial charge in [0.2, 0.25) is 11.7 Å². The largest absolute Gasteiger partial charge is 0.490 e. The molecule has 0 atom stereocenters. The molecule has 1 aromatic heterocycles. The number of piperazine rings is 1. The predicted molar refractivity (Wildman–Crippen MR) is 62.8 cm³/mol. The summed E-state index contributed by atoms with van der Waals surface area (Å²) in [4.78, 5) is 23.2. The fraction of sp³-hybridized carbons (Fsp3) is 0.500. The molecular weight excluding hydrogens is 222 g/mol. The zero-order chi connectivity index (χ0) is 12.4. The van der Waals surface area contributed by atoms with Gasteiger partial charge in [0.15, 0.2) is 11.6 Å². The van der Waals surface area contributed by atoms with Gasteiger partial charge in [0.05, 0.1) is 13.7 Å². The van der Waals surface area contributed by atoms with Crippen LogP contribution in [-0.2, 0) is 4.79 Å². The number of aromatic nitrogens is 2. The van der Waals surface area contributed by atoms with Crippen molar-refractivity contribution in [2.24, 2.45) is 0 Å². The summed E-state index contributed by atoms with van der Waals surface area (Å²) in [6.45, 7) is 1.64. The molecule has 0 spiro atoms. The van der Waals surface area contributed by atoms with Crippen molar-refractivity contribution in [1.29, 1.82) is 0 Å². The minimum absolute atomic E-state index is 0.0514. The Hall–Kier alpha value is -2.05. The summed E-state index contributed by atoms with van der Waals surface area (Å²) in [5, 5.41) is 0. The highest BCUT2D eigenvalue weighted by Crippen LogP contribution is 2.30. The van der Waals surface area contributed by atoms with Gasteiger partial charge in [-0.25, -0.2) is 9.97 Å². The molecule has 1 aliphatic rings. The van der Waals surface area contributed by atoms with E-state index in [2.05, 4.69) is 9.97 Å². The summed E-state index contributed by atoms with van der Waals surface area (Å²) >= 11 is 0. The Morgan fingerprint density at radius 3 is 2.82 bits per heavy atom. The van der Waals surface area contributed by atoms with E-state index in [4.69, 9.17) is 10.5 Å². The normalized spacial score (nSPS) is 16.2. The van der Waals surface area contributed by atoms with Crippen LogP contribution in [-0.4, -0.2) is 54.6 Å². The van der Waals surface area contributed by atoms with E-state index in [9.17, 15) is 4.79 Å². The van der Waals surface area contributed by atoms with Crippen molar-refractivity contribution in [1.82, 2.24) is 14.9 Å². The summed E-state index contributed by atoms with van der Waals surface area (Å²) in [7, 11) is 3.29. The van der Waals surface area contributed by atoms with Crippen molar-refractivity contribution < 1.29 is 9.53 Å². The highest BCUT2D eigenvalue weighted by Gasteiger charge is 2.25. The molecule has 0 aromatic carbocycles. The van der Waals surface area contributed by atoms with Gasteiger partial charge < -0.3 is 20.3 Å². The SMILES string of the molecule is COc1c(N)ncnc1N1CCN(C)C(=O)C1. The molecular formula is C10H15N5O2. The number of anilines is 2. The number of methoxy groups -OCH3 is 1. The van der Waals surface area contributed by atoms with Crippen LogP contribution in [0, 0.1) is 0 Å². The van der Waals surface area contributed by atoms with Crippen molar-refractivity contribution in [3.8, 4) is 5.75 Å². The summed E-state index contributed by atoms with van der Waals surface area (Å²) < 4.78 is 5.17. The molecule has 7 nitrogen and oxygen atoms in total. The average molecular weight is 237 g/mol. The Labute approximate surface area is 99.2 Å². The quantitative estimate of drug-likeness (QED) is 0.735. The third kappa shape index (κ3) is 2.08. The van der Waals surface area contributed by atoms with E-state index in [1.54, 1.807) is 11.9 Å². The molecule has 0 aliphatic carbocycles. The van der Waals surface area contributed by atoms with Gasteiger partial charge in [0.1, 0.15) is 6.33 Å². The summed E-state index contributed by atoms with van der Waals surface area (Å²) in [6, 6.07) is 0. The van der Waals surface area contributed by atoms with Crippen LogP contribution >= 0.6 is 0 Å². The van der Waals surface area contributed by atoms with E-state index < -0.39 is 0 Å². The molecule has 1 fully saturated rings. The average Bonchev–Trinajstić information content (AvgIpc) is 2.32. The van der Waals surface area contributed by atoms with Gasteiger partial charge in [-0.1, -0.05) is 0 Å². The highest BCUT2D eigenvalue weighted by atomic mass is 16.5. The Balaban J connectivity index is 2.28. The molecule has 2 N–H and O–H groups in total. The topological polar surface area (TPSA) is 84.6 Å². The lowest BCUT2D eigenvalue weighted by Gasteiger charge is -2.33. The van der Waals surface area contributed by atoms with Crippen molar-refractivity contribution >= 4 is 17.5 Å². The Morgan fingerprint density at radius 1 is 1.41 bits per heavy atom. The van der Waals surface area contributed by atoms with Gasteiger partial charge in [0.25, 0.3) is 0 Å². The second-order valence-electron chi connectivity index (χ2n) is 3.85. The summed E-state index contributed by atoms with van der Waals surface area (Å²) in [5.41, 5.74) is 5.70. The number of ether oxygens (including phenoxy) is 1. The van der Waals surface area contributed by atoms with Crippen LogP contribution in [0.3, 0.4) is 0 Å². The van der Waals surface area contributed by atoms with Gasteiger partial charge >= 0.3 is 0 Å². The molecule has 1 saturated heterocycles. The standard InChI is InChI=1S/C10H15N5O2/c1-14-3-4-15(5-7(14)16)10-8(17-2)9(11)12-6-13-10/h6H,3-5H2,1-2H3,(H2,11,12,13). The maximum atomic E-state index is 11.6. The predicted octanol–water partition coefficient (Wildman–Crippen LogP) is -0.654. The van der Waals surface area contributed by atoms with Crippen molar-refractivity contribution in [3.05, 3.63) is 6.33 Å². The molecule has 92 valence electrons. The van der Waals surface area contributed by atoms with Crippen LogP contribution in [0.1, 0.15) is 0 Å². The number of hydrogen-bond donors (Lipinski definition) is 1. The molecule has 17 heavy (non-hydrogen) atoms. The van der Waals surface area contributed by atoms with E-state index in [1.165, 1.54) is 13.4 Å². The van der Waals surface area contributed by atoms with Crippen molar-refractivity contribution in [2.45, 2.75) is 0 Å². The van der Waals surface area contributed by atoms with Gasteiger partial charge in [-0.2, -0.15) is 0 Å². The molecule has 0 radical (unpaired) electrons. The van der Waals surface area contributed by atoms with Crippen LogP contribution in [0.15, 0.2) is 6.33 Å². The summed E-state index contributed by atoms with van der Waals surface area (Å²) in [6.07, 6.45) is 1.37. The van der Waals surface area contributed by atoms with Crippen molar-refractivity contribution in [3.63, 3.8) is 0 Å². The number of carbonyl (C=O) groups excluding carboxylic acids is 1. The Bertz CT molecular complexity index is 437. The lowest BCUT2D eigenvalue weighted by atomic mass is 10.3. The zero-order valence-electron chi connectivity index (χ0n) is 9.88. The molecule has 0 bridgehead atoms. The first-order valence-electron chi connectivity index (χ1n) is 5.27. The monoisotopic (exact) mass is 237 g/mol. The second-order valence-corrected chi connectivity index (χ2v) is 3.85. The fourth-order valence-electron chi connectivity index (χ4n) is 1.74. The first kappa shape index (κ1) is 11.4. The maximum Gasteiger partial charge on any atom is 0.241 e. The number of nitrogens with two attached hydrogens (primary N) is 1. The number of amides is 1. The first-order chi connectivity index (χ1) is 8.13. The number of nitrogen functional groups attached to an aromatic ring is 1. The molecule has 1 aliphatic heterocycles. The van der Waals surface area contributed by atoms with Crippen LogP contribution < -0.4 is 15.4 Å². The number of rotatable bonds is 2. The maximum absolute atomic E-state index is 11.6. The van der Waals surface area contributed by atoms with Gasteiger partial charge in [-0.05, 0) is 0 Å². The number of likely N-dealkylation sites (N-methyl/N-ethyl adjacent to an activating group) is 1. The van der Waals surface area contributed by atoms with Crippen molar-refractivity contribution in [2.75, 3.05) is 44.4 Å². The summed E-state index contributed by atoms with van der Waals surface area (Å²) in [5.74, 6) is 1.32. The van der Waals surface area contributed by atoms with Crippen LogP contribution in [0.4, 0.5) is 11.6 Å². The lowest BCUT2D eigenvalue weighted by molar-refractivity contribution is -0.129. The number of carbonyl (C=O) groups is 1. The van der Waals surface area contributed by atoms with E-state index >= 15 is 0 Å². The van der Waals surface area contributed by atoms with Gasteiger partial charge in [0, 0.05) is 20.1 Å². The number of hydrogen-bond acceptors (Lipinski definition) is 6. The minimum Gasteiger partial charge on any atom is -0.490 e. The molecule has 2 heterocycles. The smallest absolute Gasteiger partial charge is 0.241 e. The minimum atomic E-state index is 0.0514. The Kier molecular flexibility index (Phi) is 2.99. The van der Waals surface area contributed by atoms with Crippen LogP contribution in [0.5, 0.6) is 5.75 Å². The van der Waals surface area contributed by atoms with E-state index in [0.29, 0.717) is 24.7 Å². The third-order valence-electron chi connectivity index (χ3n) is 2.77. The Morgan fingerprint density at radius 2 is 2.18 bits per heavy atom. The van der Waals surface area contributed by atoms with E-state index in [1.807, 2.05) is 4.90 Å². The number of nitrogens with zero attached hydrogens (tertiary/aromatic N) is 4. The van der Waals surface area contributed by atoms with Gasteiger partial charge in [-0.15, -0.1) is 0 Å². The molecule has 0 unspecified atom stereocenters. The first-order valence-corrected chi connectivity index (χ1v) is 5.27. The molecule has 0 saturated carbocycles. The van der Waals surface area contributed by atoms with E-state index in [0.717, 1.165) is 0 Å². The molecule has 7 heteroatoms. The second kappa shape index (κ2) is 4.44. The molecule has 2 rings (SSSR count). The third-order valence-corrected chi connectivity index (χ3v) is 2.77. The highest BCUT2D eigenvalue weighted by molar-refractivity contribution is 5.83. The van der Waals surface area contributed by atoms with Crippen LogP contribution in [0.2, 0.25) is 0 Å². The van der Waals surface area contributed by atoms with Gasteiger partial charge in [-0.3, -0.25) is 4.79 Å². The molecule has 1 amide bonds. The molecule has 1 aromatic rings. The fourth-order valence-corrected chi connectivity index (χ4v) is 1.74. The zero-order valence-corrected chi connectivity index (χ0v) is 9.88.